The standard InChI is InChI=1S/C36H37NO6/c1-21-12-14-29(22(2)16-21)30(26-10-8-7-9-11-26)20-28(38)18-25-13-15-31-27(17-25)19-32(41-31)34(42-36(5,6)35(39)40)33-23(3)37-43-24(33)4/h7-17,19,30,34H,18,20H2,1-6H3,(H,39,40)/t30-,34-/m1/s1. The summed E-state index contributed by atoms with van der Waals surface area (Å²) in [6.07, 6.45) is -0.186. The molecule has 0 aliphatic heterocycles. The fourth-order valence-electron chi connectivity index (χ4n) is 5.66. The van der Waals surface area contributed by atoms with E-state index in [-0.39, 0.29) is 18.1 Å². The SMILES string of the molecule is Cc1ccc([C@H](CC(=O)Cc2ccc3oc([C@@H](OC(C)(C)C(=O)O)c4c(C)noc4C)cc3c2)c2ccccc2)c(C)c1. The number of hydrogen-bond donors (Lipinski definition) is 1. The van der Waals surface area contributed by atoms with E-state index in [2.05, 4.69) is 49.3 Å². The van der Waals surface area contributed by atoms with Crippen LogP contribution in [-0.2, 0) is 20.7 Å². The van der Waals surface area contributed by atoms with Gasteiger partial charge in [0.25, 0.3) is 0 Å². The maximum absolute atomic E-state index is 13.5. The quantitative estimate of drug-likeness (QED) is 0.169. The number of carboxylic acid groups (broad SMARTS) is 1. The van der Waals surface area contributed by atoms with E-state index in [1.165, 1.54) is 25.0 Å². The van der Waals surface area contributed by atoms with Crippen LogP contribution in [0.1, 0.15) is 82.9 Å². The summed E-state index contributed by atoms with van der Waals surface area (Å²) < 4.78 is 17.7. The normalized spacial score (nSPS) is 13.3. The minimum atomic E-state index is -1.50. The minimum absolute atomic E-state index is 0.0379. The number of aromatic nitrogens is 1. The maximum Gasteiger partial charge on any atom is 0.335 e. The maximum atomic E-state index is 13.5. The van der Waals surface area contributed by atoms with E-state index in [9.17, 15) is 14.7 Å². The molecule has 2 heterocycles. The van der Waals surface area contributed by atoms with E-state index in [0.29, 0.717) is 34.8 Å². The van der Waals surface area contributed by atoms with Crippen molar-refractivity contribution in [3.05, 3.63) is 123 Å². The Hall–Kier alpha value is -4.49. The number of aryl methyl sites for hydroxylation is 4. The number of furan rings is 1. The Morgan fingerprint density at radius 1 is 0.953 bits per heavy atom. The van der Waals surface area contributed by atoms with Crippen molar-refractivity contribution in [1.29, 1.82) is 0 Å². The molecule has 7 heteroatoms. The van der Waals surface area contributed by atoms with Crippen LogP contribution in [-0.4, -0.2) is 27.6 Å². The lowest BCUT2D eigenvalue weighted by molar-refractivity contribution is -0.166. The van der Waals surface area contributed by atoms with Crippen molar-refractivity contribution >= 4 is 22.7 Å². The number of ketones is 1. The van der Waals surface area contributed by atoms with E-state index < -0.39 is 17.7 Å². The first-order valence-corrected chi connectivity index (χ1v) is 14.4. The number of ether oxygens (including phenoxy) is 1. The lowest BCUT2D eigenvalue weighted by atomic mass is 9.83. The van der Waals surface area contributed by atoms with Gasteiger partial charge in [-0.2, -0.15) is 0 Å². The third-order valence-corrected chi connectivity index (χ3v) is 7.97. The summed E-state index contributed by atoms with van der Waals surface area (Å²) in [5.41, 5.74) is 5.85. The van der Waals surface area contributed by atoms with Gasteiger partial charge in [0, 0.05) is 24.1 Å². The van der Waals surface area contributed by atoms with Crippen molar-refractivity contribution in [3.63, 3.8) is 0 Å². The van der Waals surface area contributed by atoms with Gasteiger partial charge in [-0.25, -0.2) is 4.79 Å². The third-order valence-electron chi connectivity index (χ3n) is 7.97. The number of carbonyl (C=O) groups excluding carboxylic acids is 1. The van der Waals surface area contributed by atoms with Crippen LogP contribution in [0.4, 0.5) is 0 Å². The van der Waals surface area contributed by atoms with Crippen LogP contribution >= 0.6 is 0 Å². The third kappa shape index (κ3) is 6.47. The molecule has 0 aliphatic carbocycles. The molecular formula is C36H37NO6. The fraction of sp³-hybridized carbons (Fsp3) is 0.306. The summed E-state index contributed by atoms with van der Waals surface area (Å²) in [4.78, 5) is 25.4. The van der Waals surface area contributed by atoms with Gasteiger partial charge in [0.15, 0.2) is 5.60 Å². The Kier molecular flexibility index (Phi) is 8.38. The highest BCUT2D eigenvalue weighted by molar-refractivity contribution is 5.85. The second-order valence-corrected chi connectivity index (χ2v) is 11.8. The minimum Gasteiger partial charge on any atom is -0.479 e. The van der Waals surface area contributed by atoms with Gasteiger partial charge in [-0.3, -0.25) is 4.79 Å². The van der Waals surface area contributed by atoms with Crippen LogP contribution in [0.25, 0.3) is 11.0 Å². The number of fused-ring (bicyclic) bond motifs is 1. The predicted molar refractivity (Wildman–Crippen MR) is 164 cm³/mol. The highest BCUT2D eigenvalue weighted by Gasteiger charge is 2.37. The monoisotopic (exact) mass is 579 g/mol. The van der Waals surface area contributed by atoms with E-state index in [4.69, 9.17) is 13.7 Å². The smallest absolute Gasteiger partial charge is 0.335 e. The molecule has 0 radical (unpaired) electrons. The number of Topliss-reactive ketones (excluding diaryl/α,β-unsaturated/α-hetero) is 1. The first-order chi connectivity index (χ1) is 20.4. The largest absolute Gasteiger partial charge is 0.479 e. The number of hydrogen-bond acceptors (Lipinski definition) is 6. The highest BCUT2D eigenvalue weighted by Crippen LogP contribution is 2.38. The van der Waals surface area contributed by atoms with Gasteiger partial charge in [-0.1, -0.05) is 65.3 Å². The molecule has 0 aliphatic rings. The molecule has 0 spiro atoms. The van der Waals surface area contributed by atoms with Crippen LogP contribution in [0, 0.1) is 27.7 Å². The first kappa shape index (κ1) is 30.0. The van der Waals surface area contributed by atoms with Gasteiger partial charge in [0.1, 0.15) is 29.0 Å². The van der Waals surface area contributed by atoms with Crippen molar-refractivity contribution in [2.45, 2.75) is 72.0 Å². The highest BCUT2D eigenvalue weighted by atomic mass is 16.5. The second kappa shape index (κ2) is 12.0. The Labute approximate surface area is 251 Å². The number of aliphatic carboxylic acids is 1. The predicted octanol–water partition coefficient (Wildman–Crippen LogP) is 7.96. The molecule has 2 aromatic heterocycles. The number of benzene rings is 3. The number of nitrogens with zero attached hydrogens (tertiary/aromatic N) is 1. The van der Waals surface area contributed by atoms with Gasteiger partial charge >= 0.3 is 5.97 Å². The zero-order chi connectivity index (χ0) is 30.9. The van der Waals surface area contributed by atoms with Crippen molar-refractivity contribution < 1.29 is 28.4 Å². The van der Waals surface area contributed by atoms with E-state index >= 15 is 0 Å². The van der Waals surface area contributed by atoms with Crippen molar-refractivity contribution in [3.8, 4) is 0 Å². The zero-order valence-corrected chi connectivity index (χ0v) is 25.4. The first-order valence-electron chi connectivity index (χ1n) is 14.4. The Bertz CT molecular complexity index is 1760. The average Bonchev–Trinajstić information content (AvgIpc) is 3.53. The summed E-state index contributed by atoms with van der Waals surface area (Å²) in [5, 5.41) is 14.6. The fourth-order valence-corrected chi connectivity index (χ4v) is 5.66. The van der Waals surface area contributed by atoms with Crippen LogP contribution in [0.2, 0.25) is 0 Å². The number of carboxylic acids is 1. The summed E-state index contributed by atoms with van der Waals surface area (Å²) >= 11 is 0. The van der Waals surface area contributed by atoms with Gasteiger partial charge in [0.2, 0.25) is 0 Å². The summed E-state index contributed by atoms with van der Waals surface area (Å²) in [7, 11) is 0. The molecule has 0 unspecified atom stereocenters. The van der Waals surface area contributed by atoms with Gasteiger partial charge in [-0.15, -0.1) is 0 Å². The molecule has 3 aromatic carbocycles. The molecule has 0 amide bonds. The van der Waals surface area contributed by atoms with E-state index in [1.54, 1.807) is 13.8 Å². The van der Waals surface area contributed by atoms with Gasteiger partial charge in [0.05, 0.1) is 11.3 Å². The summed E-state index contributed by atoms with van der Waals surface area (Å²) in [6, 6.07) is 24.1. The Morgan fingerprint density at radius 2 is 1.70 bits per heavy atom. The molecule has 0 fully saturated rings. The molecule has 5 rings (SSSR count). The molecule has 7 nitrogen and oxygen atoms in total. The Balaban J connectivity index is 1.42. The number of carbonyl (C=O) groups is 2. The van der Waals surface area contributed by atoms with Crippen LogP contribution < -0.4 is 0 Å². The molecule has 0 saturated heterocycles. The van der Waals surface area contributed by atoms with Crippen molar-refractivity contribution in [1.82, 2.24) is 5.16 Å². The average molecular weight is 580 g/mol. The van der Waals surface area contributed by atoms with Crippen LogP contribution in [0.3, 0.4) is 0 Å². The molecule has 1 N–H and O–H groups in total. The second-order valence-electron chi connectivity index (χ2n) is 11.8. The number of rotatable bonds is 11. The molecule has 2 atom stereocenters. The molecule has 222 valence electrons. The lowest BCUT2D eigenvalue weighted by Gasteiger charge is -2.26. The van der Waals surface area contributed by atoms with Gasteiger partial charge < -0.3 is 18.8 Å². The summed E-state index contributed by atoms with van der Waals surface area (Å²) in [5.74, 6) is -0.0506. The van der Waals surface area contributed by atoms with Crippen LogP contribution in [0.15, 0.2) is 81.7 Å². The molecular weight excluding hydrogens is 542 g/mol. The topological polar surface area (TPSA) is 103 Å². The summed E-state index contributed by atoms with van der Waals surface area (Å²) in [6.45, 7) is 10.7. The van der Waals surface area contributed by atoms with E-state index in [0.717, 1.165) is 22.1 Å². The molecule has 5 aromatic rings. The van der Waals surface area contributed by atoms with Crippen molar-refractivity contribution in [2.24, 2.45) is 0 Å². The van der Waals surface area contributed by atoms with Crippen molar-refractivity contribution in [2.75, 3.05) is 0 Å². The van der Waals surface area contributed by atoms with Crippen LogP contribution in [0.5, 0.6) is 0 Å². The Morgan fingerprint density at radius 3 is 2.35 bits per heavy atom. The molecule has 43 heavy (non-hydrogen) atoms. The molecule has 0 saturated carbocycles. The lowest BCUT2D eigenvalue weighted by Crippen LogP contribution is -2.36. The zero-order valence-electron chi connectivity index (χ0n) is 25.4. The van der Waals surface area contributed by atoms with E-state index in [1.807, 2.05) is 42.5 Å². The van der Waals surface area contributed by atoms with Gasteiger partial charge in [-0.05, 0) is 82.0 Å². The molecule has 0 bridgehead atoms.